The smallest absolute Gasteiger partial charge is 0.410 e. The van der Waals surface area contributed by atoms with Crippen LogP contribution in [0.5, 0.6) is 0 Å². The molecule has 1 amide bonds. The Morgan fingerprint density at radius 1 is 0.964 bits per heavy atom. The fraction of sp³-hybridized carbons (Fsp3) is 0.696. The normalized spacial score (nSPS) is 23.0. The molecule has 0 saturated carbocycles. The summed E-state index contributed by atoms with van der Waals surface area (Å²) in [6.07, 6.45) is 1.37. The van der Waals surface area contributed by atoms with Gasteiger partial charge in [-0.1, -0.05) is 24.3 Å². The Morgan fingerprint density at radius 3 is 1.89 bits per heavy atom. The Morgan fingerprint density at radius 2 is 1.43 bits per heavy atom. The molecule has 5 heteroatoms. The zero-order valence-electron chi connectivity index (χ0n) is 18.4. The monoisotopic (exact) mass is 389 g/mol. The molecule has 2 heterocycles. The van der Waals surface area contributed by atoms with Crippen LogP contribution in [0, 0.1) is 0 Å². The minimum atomic E-state index is -0.447. The van der Waals surface area contributed by atoms with E-state index in [1.807, 2.05) is 25.7 Å². The summed E-state index contributed by atoms with van der Waals surface area (Å²) in [6.45, 7) is 15.5. The van der Waals surface area contributed by atoms with E-state index in [9.17, 15) is 4.79 Å². The highest BCUT2D eigenvalue weighted by molar-refractivity contribution is 5.68. The highest BCUT2D eigenvalue weighted by atomic mass is 16.7. The molecular weight excluding hydrogens is 354 g/mol. The van der Waals surface area contributed by atoms with E-state index in [-0.39, 0.29) is 23.6 Å². The van der Waals surface area contributed by atoms with Gasteiger partial charge in [0.25, 0.3) is 0 Å². The molecule has 2 fully saturated rings. The van der Waals surface area contributed by atoms with Crippen LogP contribution in [0.25, 0.3) is 0 Å². The van der Waals surface area contributed by atoms with Crippen molar-refractivity contribution in [3.8, 4) is 0 Å². The molecule has 0 aliphatic carbocycles. The molecule has 2 saturated heterocycles. The number of piperidine rings is 1. The first-order chi connectivity index (χ1) is 12.9. The van der Waals surface area contributed by atoms with Crippen molar-refractivity contribution in [2.24, 2.45) is 0 Å². The first-order valence-electron chi connectivity index (χ1n) is 10.3. The number of hydrogen-bond acceptors (Lipinski definition) is 4. The van der Waals surface area contributed by atoms with Crippen LogP contribution in [-0.2, 0) is 14.2 Å². The van der Waals surface area contributed by atoms with Gasteiger partial charge in [0.05, 0.1) is 11.2 Å². The Hall–Kier alpha value is -1.59. The topological polar surface area (TPSA) is 48.0 Å². The summed E-state index contributed by atoms with van der Waals surface area (Å²) in [6, 6.07) is 8.57. The van der Waals surface area contributed by atoms with Crippen molar-refractivity contribution in [1.29, 1.82) is 0 Å². The molecule has 0 radical (unpaired) electrons. The summed E-state index contributed by atoms with van der Waals surface area (Å²) in [5.41, 5.74) is 1.25. The fourth-order valence-corrected chi connectivity index (χ4v) is 3.63. The molecule has 28 heavy (non-hydrogen) atoms. The van der Waals surface area contributed by atoms with Gasteiger partial charge in [-0.2, -0.15) is 0 Å². The van der Waals surface area contributed by atoms with E-state index in [1.54, 1.807) is 0 Å². The highest BCUT2D eigenvalue weighted by Gasteiger charge is 2.49. The second-order valence-electron chi connectivity index (χ2n) is 10.00. The lowest BCUT2D eigenvalue weighted by molar-refractivity contribution is -0.0895. The van der Waals surface area contributed by atoms with Gasteiger partial charge in [0.1, 0.15) is 5.60 Å². The molecule has 0 spiro atoms. The third-order valence-corrected chi connectivity index (χ3v) is 6.08. The van der Waals surface area contributed by atoms with Gasteiger partial charge >= 0.3 is 6.09 Å². The van der Waals surface area contributed by atoms with E-state index in [2.05, 4.69) is 52.0 Å². The number of likely N-dealkylation sites (tertiary alicyclic amines) is 1. The molecule has 5 nitrogen and oxygen atoms in total. The van der Waals surface area contributed by atoms with Gasteiger partial charge in [0.2, 0.25) is 0 Å². The summed E-state index contributed by atoms with van der Waals surface area (Å²) in [7, 11) is 0. The van der Waals surface area contributed by atoms with Crippen LogP contribution >= 0.6 is 0 Å². The molecule has 2 aliphatic heterocycles. The summed E-state index contributed by atoms with van der Waals surface area (Å²) < 4.78 is 17.8. The number of benzene rings is 1. The predicted octanol–water partition coefficient (Wildman–Crippen LogP) is 5.40. The average molecular weight is 390 g/mol. The molecule has 0 aromatic heterocycles. The van der Waals surface area contributed by atoms with Gasteiger partial charge in [-0.3, -0.25) is 0 Å². The zero-order chi connectivity index (χ0) is 20.7. The SMILES string of the molecule is CC(C)(C)OC(=O)N1CCC(c2ccc(C3OC(C)(C)C(C)(C)O3)cc2)CC1. The van der Waals surface area contributed by atoms with E-state index in [1.165, 1.54) is 5.56 Å². The van der Waals surface area contributed by atoms with Gasteiger partial charge in [-0.25, -0.2) is 4.79 Å². The lowest BCUT2D eigenvalue weighted by Crippen LogP contribution is -2.41. The maximum Gasteiger partial charge on any atom is 0.410 e. The predicted molar refractivity (Wildman–Crippen MR) is 109 cm³/mol. The van der Waals surface area contributed by atoms with E-state index < -0.39 is 5.60 Å². The molecule has 0 unspecified atom stereocenters. The summed E-state index contributed by atoms with van der Waals surface area (Å²) in [5, 5.41) is 0. The number of carbonyl (C=O) groups excluding carboxylic acids is 1. The van der Waals surface area contributed by atoms with Crippen LogP contribution in [0.1, 0.15) is 84.6 Å². The van der Waals surface area contributed by atoms with Crippen molar-refractivity contribution in [1.82, 2.24) is 4.90 Å². The van der Waals surface area contributed by atoms with E-state index in [0.29, 0.717) is 5.92 Å². The minimum Gasteiger partial charge on any atom is -0.444 e. The maximum atomic E-state index is 12.2. The fourth-order valence-electron chi connectivity index (χ4n) is 3.63. The molecule has 0 atom stereocenters. The third-order valence-electron chi connectivity index (χ3n) is 6.08. The van der Waals surface area contributed by atoms with Gasteiger partial charge in [-0.15, -0.1) is 0 Å². The number of hydrogen-bond donors (Lipinski definition) is 0. The van der Waals surface area contributed by atoms with Crippen molar-refractivity contribution >= 4 is 6.09 Å². The molecule has 0 N–H and O–H groups in total. The van der Waals surface area contributed by atoms with Gasteiger partial charge in [0, 0.05) is 18.7 Å². The second-order valence-corrected chi connectivity index (χ2v) is 10.00. The van der Waals surface area contributed by atoms with Crippen molar-refractivity contribution in [3.05, 3.63) is 35.4 Å². The molecule has 2 aliphatic rings. The number of carbonyl (C=O) groups is 1. The first kappa shape index (κ1) is 21.1. The Kier molecular flexibility index (Phi) is 5.54. The second kappa shape index (κ2) is 7.34. The molecule has 156 valence electrons. The van der Waals surface area contributed by atoms with Crippen molar-refractivity contribution in [3.63, 3.8) is 0 Å². The summed E-state index contributed by atoms with van der Waals surface area (Å²) in [4.78, 5) is 14.0. The quantitative estimate of drug-likeness (QED) is 0.679. The molecule has 1 aromatic rings. The Labute approximate surface area is 169 Å². The minimum absolute atomic E-state index is 0.206. The highest BCUT2D eigenvalue weighted by Crippen LogP contribution is 2.44. The lowest BCUT2D eigenvalue weighted by Gasteiger charge is -2.33. The number of rotatable bonds is 2. The largest absolute Gasteiger partial charge is 0.444 e. The van der Waals surface area contributed by atoms with E-state index >= 15 is 0 Å². The first-order valence-corrected chi connectivity index (χ1v) is 10.3. The van der Waals surface area contributed by atoms with Crippen molar-refractivity contribution in [2.75, 3.05) is 13.1 Å². The van der Waals surface area contributed by atoms with E-state index in [4.69, 9.17) is 14.2 Å². The van der Waals surface area contributed by atoms with Crippen molar-refractivity contribution < 1.29 is 19.0 Å². The molecule has 3 rings (SSSR count). The lowest BCUT2D eigenvalue weighted by atomic mass is 9.89. The third kappa shape index (κ3) is 4.52. The van der Waals surface area contributed by atoms with Crippen molar-refractivity contribution in [2.45, 2.75) is 90.3 Å². The summed E-state index contributed by atoms with van der Waals surface area (Å²) >= 11 is 0. The van der Waals surface area contributed by atoms with E-state index in [0.717, 1.165) is 31.5 Å². The standard InChI is InChI=1S/C23H35NO4/c1-21(2,3)28-20(25)24-14-12-17(13-15-24)16-8-10-18(11-9-16)19-26-22(4,5)23(6,7)27-19/h8-11,17,19H,12-15H2,1-7H3. The Bertz CT molecular complexity index is 678. The van der Waals surface area contributed by atoms with Gasteiger partial charge in [0.15, 0.2) is 6.29 Å². The van der Waals surface area contributed by atoms with Gasteiger partial charge < -0.3 is 19.1 Å². The van der Waals surface area contributed by atoms with Gasteiger partial charge in [-0.05, 0) is 72.8 Å². The number of nitrogens with zero attached hydrogens (tertiary/aromatic N) is 1. The van der Waals surface area contributed by atoms with Crippen LogP contribution in [0.2, 0.25) is 0 Å². The van der Waals surface area contributed by atoms with Crippen LogP contribution in [-0.4, -0.2) is 40.9 Å². The average Bonchev–Trinajstić information content (AvgIpc) is 2.81. The van der Waals surface area contributed by atoms with Crippen LogP contribution in [0.3, 0.4) is 0 Å². The summed E-state index contributed by atoms with van der Waals surface area (Å²) in [5.74, 6) is 0.464. The zero-order valence-corrected chi connectivity index (χ0v) is 18.4. The number of ether oxygens (including phenoxy) is 3. The Balaban J connectivity index is 1.58. The molecular formula is C23H35NO4. The number of amides is 1. The molecule has 1 aromatic carbocycles. The van der Waals surface area contributed by atoms with Crippen LogP contribution in [0.15, 0.2) is 24.3 Å². The van der Waals surface area contributed by atoms with Crippen LogP contribution in [0.4, 0.5) is 4.79 Å². The van der Waals surface area contributed by atoms with Crippen LogP contribution < -0.4 is 0 Å². The molecule has 0 bridgehead atoms. The maximum absolute atomic E-state index is 12.2.